The summed E-state index contributed by atoms with van der Waals surface area (Å²) in [5.74, 6) is 0.641. The molecule has 4 nitrogen and oxygen atoms in total. The third-order valence-electron chi connectivity index (χ3n) is 8.75. The summed E-state index contributed by atoms with van der Waals surface area (Å²) in [7, 11) is 0. The van der Waals surface area contributed by atoms with Crippen molar-refractivity contribution in [2.45, 2.75) is 59.0 Å². The summed E-state index contributed by atoms with van der Waals surface area (Å²) in [6.07, 6.45) is 4.38. The maximum Gasteiger partial charge on any atom is 0.272 e. The highest BCUT2D eigenvalue weighted by molar-refractivity contribution is 9.10. The fourth-order valence-corrected chi connectivity index (χ4v) is 7.55. The predicted molar refractivity (Wildman–Crippen MR) is 139 cm³/mol. The molecule has 0 saturated heterocycles. The van der Waals surface area contributed by atoms with Gasteiger partial charge in [0.2, 0.25) is 0 Å². The summed E-state index contributed by atoms with van der Waals surface area (Å²) >= 11 is 9.70. The van der Waals surface area contributed by atoms with Crippen molar-refractivity contribution in [3.63, 3.8) is 0 Å². The van der Waals surface area contributed by atoms with E-state index in [0.717, 1.165) is 33.3 Å². The Morgan fingerprint density at radius 1 is 1.21 bits per heavy atom. The summed E-state index contributed by atoms with van der Waals surface area (Å²) < 4.78 is 3.05. The molecule has 3 aromatic rings. The predicted octanol–water partition coefficient (Wildman–Crippen LogP) is 6.86. The van der Waals surface area contributed by atoms with E-state index in [-0.39, 0.29) is 22.8 Å². The minimum absolute atomic E-state index is 0.0372. The van der Waals surface area contributed by atoms with Gasteiger partial charge in [-0.05, 0) is 71.4 Å². The number of carbonyl (C=O) groups is 1. The minimum Gasteiger partial charge on any atom is -0.347 e. The summed E-state index contributed by atoms with van der Waals surface area (Å²) in [5.41, 5.74) is 6.43. The average molecular weight is 539 g/mol. The molecular formula is C28H29BrClN3O. The fraction of sp³-hybridized carbons (Fsp3) is 0.429. The number of amides is 1. The molecule has 3 atom stereocenters. The van der Waals surface area contributed by atoms with Crippen LogP contribution in [-0.4, -0.2) is 21.7 Å². The van der Waals surface area contributed by atoms with Gasteiger partial charge in [-0.25, -0.2) is 0 Å². The van der Waals surface area contributed by atoms with E-state index < -0.39 is 0 Å². The van der Waals surface area contributed by atoms with E-state index in [4.69, 9.17) is 16.7 Å². The molecule has 1 aromatic heterocycles. The Kier molecular flexibility index (Phi) is 5.06. The standard InChI is InChI=1S/C28H29BrClN3O/c1-27(2)18-10-11-28(3,14-18)26(27)31-25(34)23-22-13-17-12-19(29)6-9-21(17)24(22)33(32-23)15-16-4-7-20(30)8-5-16/h4-9,12,18,26H,10-11,13-15H2,1-3H3,(H,31,34). The fourth-order valence-electron chi connectivity index (χ4n) is 7.02. The van der Waals surface area contributed by atoms with E-state index >= 15 is 0 Å². The molecule has 1 heterocycles. The van der Waals surface area contributed by atoms with Crippen molar-refractivity contribution in [2.75, 3.05) is 0 Å². The van der Waals surface area contributed by atoms with Crippen molar-refractivity contribution < 1.29 is 4.79 Å². The quantitative estimate of drug-likeness (QED) is 0.308. The topological polar surface area (TPSA) is 46.9 Å². The number of nitrogens with one attached hydrogen (secondary N) is 1. The van der Waals surface area contributed by atoms with Crippen LogP contribution in [0.15, 0.2) is 46.9 Å². The van der Waals surface area contributed by atoms with Gasteiger partial charge in [-0.15, -0.1) is 0 Å². The molecule has 3 aliphatic rings. The summed E-state index contributed by atoms with van der Waals surface area (Å²) in [6.45, 7) is 7.59. The smallest absolute Gasteiger partial charge is 0.272 e. The number of benzene rings is 2. The molecule has 2 saturated carbocycles. The van der Waals surface area contributed by atoms with Crippen LogP contribution in [0.4, 0.5) is 0 Å². The first kappa shape index (κ1) is 22.4. The van der Waals surface area contributed by atoms with Crippen molar-refractivity contribution >= 4 is 33.4 Å². The molecule has 2 fully saturated rings. The van der Waals surface area contributed by atoms with Gasteiger partial charge in [0.25, 0.3) is 5.91 Å². The van der Waals surface area contributed by atoms with Crippen LogP contribution < -0.4 is 5.32 Å². The normalized spacial score (nSPS) is 25.9. The maximum atomic E-state index is 13.8. The number of hydrogen-bond acceptors (Lipinski definition) is 2. The van der Waals surface area contributed by atoms with Crippen molar-refractivity contribution in [1.29, 1.82) is 0 Å². The van der Waals surface area contributed by atoms with Crippen LogP contribution in [0.2, 0.25) is 5.02 Å². The molecule has 2 bridgehead atoms. The maximum absolute atomic E-state index is 13.8. The van der Waals surface area contributed by atoms with Crippen LogP contribution in [0.1, 0.15) is 67.2 Å². The molecule has 0 spiro atoms. The zero-order valence-electron chi connectivity index (χ0n) is 19.8. The number of halogens is 2. The monoisotopic (exact) mass is 537 g/mol. The highest BCUT2D eigenvalue weighted by Crippen LogP contribution is 2.62. The molecule has 34 heavy (non-hydrogen) atoms. The molecule has 3 aliphatic carbocycles. The molecule has 2 aromatic carbocycles. The lowest BCUT2D eigenvalue weighted by Gasteiger charge is -2.43. The Labute approximate surface area is 214 Å². The Balaban J connectivity index is 1.38. The number of hydrogen-bond donors (Lipinski definition) is 1. The number of rotatable bonds is 4. The van der Waals surface area contributed by atoms with Crippen molar-refractivity contribution in [2.24, 2.45) is 16.7 Å². The minimum atomic E-state index is -0.0372. The first-order chi connectivity index (χ1) is 16.2. The highest BCUT2D eigenvalue weighted by Gasteiger charge is 2.59. The summed E-state index contributed by atoms with van der Waals surface area (Å²) in [4.78, 5) is 13.8. The van der Waals surface area contributed by atoms with Gasteiger partial charge < -0.3 is 5.32 Å². The van der Waals surface area contributed by atoms with E-state index in [1.54, 1.807) is 0 Å². The molecule has 176 valence electrons. The van der Waals surface area contributed by atoms with E-state index in [0.29, 0.717) is 23.2 Å². The zero-order chi connectivity index (χ0) is 23.8. The molecule has 1 amide bonds. The number of fused-ring (bicyclic) bond motifs is 5. The molecule has 0 aliphatic heterocycles. The summed E-state index contributed by atoms with van der Waals surface area (Å²) in [5, 5.41) is 9.09. The summed E-state index contributed by atoms with van der Waals surface area (Å²) in [6, 6.07) is 14.4. The van der Waals surface area contributed by atoms with Crippen LogP contribution >= 0.6 is 27.5 Å². The molecular weight excluding hydrogens is 510 g/mol. The Morgan fingerprint density at radius 2 is 1.97 bits per heavy atom. The van der Waals surface area contributed by atoms with Gasteiger partial charge in [0.15, 0.2) is 5.69 Å². The third kappa shape index (κ3) is 3.38. The second kappa shape index (κ2) is 7.69. The second-order valence-corrected chi connectivity index (χ2v) is 12.6. The first-order valence-electron chi connectivity index (χ1n) is 12.1. The van der Waals surface area contributed by atoms with Gasteiger partial charge in [-0.1, -0.05) is 66.5 Å². The lowest BCUT2D eigenvalue weighted by atomic mass is 9.68. The van der Waals surface area contributed by atoms with Gasteiger partial charge in [-0.3, -0.25) is 9.48 Å². The molecule has 0 radical (unpaired) electrons. The van der Waals surface area contributed by atoms with E-state index in [1.165, 1.54) is 24.8 Å². The van der Waals surface area contributed by atoms with Gasteiger partial charge >= 0.3 is 0 Å². The van der Waals surface area contributed by atoms with Crippen LogP contribution in [0.25, 0.3) is 11.3 Å². The Hall–Kier alpha value is -2.11. The van der Waals surface area contributed by atoms with E-state index in [9.17, 15) is 4.79 Å². The molecule has 3 unspecified atom stereocenters. The van der Waals surface area contributed by atoms with Crippen molar-refractivity contribution in [1.82, 2.24) is 15.1 Å². The van der Waals surface area contributed by atoms with Gasteiger partial charge in [-0.2, -0.15) is 5.10 Å². The van der Waals surface area contributed by atoms with E-state index in [1.807, 2.05) is 28.9 Å². The third-order valence-corrected chi connectivity index (χ3v) is 9.49. The molecule has 6 rings (SSSR count). The number of nitrogens with zero attached hydrogens (tertiary/aromatic N) is 2. The highest BCUT2D eigenvalue weighted by atomic mass is 79.9. The first-order valence-corrected chi connectivity index (χ1v) is 13.3. The van der Waals surface area contributed by atoms with Gasteiger partial charge in [0.1, 0.15) is 0 Å². The van der Waals surface area contributed by atoms with Crippen LogP contribution in [-0.2, 0) is 13.0 Å². The van der Waals surface area contributed by atoms with Crippen molar-refractivity contribution in [3.05, 3.63) is 74.3 Å². The largest absolute Gasteiger partial charge is 0.347 e. The SMILES string of the molecule is CC12CCC(C1)C(C)(C)C2NC(=O)c1nn(Cc2ccc(Cl)cc2)c2c1Cc1cc(Br)ccc1-2. The molecule has 1 N–H and O–H groups in total. The van der Waals surface area contributed by atoms with Crippen molar-refractivity contribution in [3.8, 4) is 11.3 Å². The molecule has 6 heteroatoms. The number of carbonyl (C=O) groups excluding carboxylic acids is 1. The second-order valence-electron chi connectivity index (χ2n) is 11.3. The van der Waals surface area contributed by atoms with Gasteiger partial charge in [0.05, 0.1) is 12.2 Å². The van der Waals surface area contributed by atoms with E-state index in [2.05, 4.69) is 60.2 Å². The lowest BCUT2D eigenvalue weighted by Crippen LogP contribution is -2.52. The number of aromatic nitrogens is 2. The van der Waals surface area contributed by atoms with Crippen LogP contribution in [0.5, 0.6) is 0 Å². The zero-order valence-corrected chi connectivity index (χ0v) is 22.1. The lowest BCUT2D eigenvalue weighted by molar-refractivity contribution is 0.0731. The average Bonchev–Trinajstić information content (AvgIpc) is 3.49. The van der Waals surface area contributed by atoms with Gasteiger partial charge in [0, 0.05) is 33.1 Å². The Bertz CT molecular complexity index is 1310. The van der Waals surface area contributed by atoms with Crippen LogP contribution in [0.3, 0.4) is 0 Å². The Morgan fingerprint density at radius 3 is 2.68 bits per heavy atom. The van der Waals surface area contributed by atoms with Crippen LogP contribution in [0, 0.1) is 16.7 Å².